The van der Waals surface area contributed by atoms with Crippen molar-refractivity contribution in [2.45, 2.75) is 12.7 Å². The van der Waals surface area contributed by atoms with Crippen LogP contribution in [0.1, 0.15) is 25.7 Å². The fraction of sp³-hybridized carbons (Fsp3) is 0.143. The lowest BCUT2D eigenvalue weighted by molar-refractivity contribution is -0.140. The average molecular weight is 448 g/mol. The minimum atomic E-state index is -4.65. The molecule has 0 spiro atoms. The molecule has 0 aliphatic heterocycles. The Morgan fingerprint density at radius 2 is 2.06 bits per heavy atom. The highest BCUT2D eigenvalue weighted by atomic mass is 19.4. The van der Waals surface area contributed by atoms with Gasteiger partial charge in [-0.2, -0.15) is 18.3 Å². The zero-order valence-corrected chi connectivity index (χ0v) is 16.0. The number of rotatable bonds is 4. The Bertz CT molecular complexity index is 1500. The van der Waals surface area contributed by atoms with E-state index in [4.69, 9.17) is 4.11 Å². The number of carbonyl (C=O) groups excluding carboxylic acids is 1. The van der Waals surface area contributed by atoms with Gasteiger partial charge in [0.25, 0.3) is 11.5 Å². The minimum absolute atomic E-state index is 0.102. The summed E-state index contributed by atoms with van der Waals surface area (Å²) in [7, 11) is 0. The van der Waals surface area contributed by atoms with Gasteiger partial charge in [0.15, 0.2) is 0 Å². The van der Waals surface area contributed by atoms with Crippen molar-refractivity contribution in [1.29, 1.82) is 0 Å². The first-order valence-electron chi connectivity index (χ1n) is 10.5. The van der Waals surface area contributed by atoms with Gasteiger partial charge in [-0.25, -0.2) is 9.37 Å². The molecular weight excluding hydrogens is 430 g/mol. The Balaban J connectivity index is 1.67. The maximum absolute atomic E-state index is 14.1. The number of carbonyl (C=O) groups is 1. The average Bonchev–Trinajstić information content (AvgIpc) is 3.25. The van der Waals surface area contributed by atoms with Gasteiger partial charge in [0.1, 0.15) is 11.5 Å². The number of hydrogen-bond donors (Lipinski definition) is 2. The van der Waals surface area contributed by atoms with Gasteiger partial charge in [0, 0.05) is 22.2 Å². The number of nitrogens with one attached hydrogen (secondary N) is 2. The molecule has 0 unspecified atom stereocenters. The predicted octanol–water partition coefficient (Wildman–Crippen LogP) is 3.35. The smallest absolute Gasteiger partial charge is 0.355 e. The number of nitrogens with zero attached hydrogens (tertiary/aromatic N) is 3. The van der Waals surface area contributed by atoms with Gasteiger partial charge in [-0.15, -0.1) is 0 Å². The summed E-state index contributed by atoms with van der Waals surface area (Å²) in [6, 6.07) is 7.14. The van der Waals surface area contributed by atoms with E-state index in [-0.39, 0.29) is 39.7 Å². The summed E-state index contributed by atoms with van der Waals surface area (Å²) in [6.45, 7) is -2.96. The van der Waals surface area contributed by atoms with Crippen molar-refractivity contribution in [3.05, 3.63) is 81.9 Å². The standard InChI is InChI=1S/C21H15F4N5O2/c1-26-19(31)13-4-11(5-14(22)6-13)9-30-10-27-17-7-12(2-3-15(17)20(30)32)16-8-28-29-18(16)21(23,24)25/h2-8,10H,9H2,1H3,(H,26,31)(H,28,29)/i1D3. The zero-order valence-electron chi connectivity index (χ0n) is 19.0. The summed E-state index contributed by atoms with van der Waals surface area (Å²) < 4.78 is 76.0. The fourth-order valence-corrected chi connectivity index (χ4v) is 3.30. The number of alkyl halides is 3. The van der Waals surface area contributed by atoms with Crippen LogP contribution in [0, 0.1) is 5.82 Å². The second-order valence-electron chi connectivity index (χ2n) is 6.87. The molecule has 0 aliphatic rings. The molecule has 0 aliphatic carbocycles. The topological polar surface area (TPSA) is 92.7 Å². The largest absolute Gasteiger partial charge is 0.433 e. The lowest BCUT2D eigenvalue weighted by atomic mass is 10.0. The first kappa shape index (κ1) is 17.6. The molecule has 4 rings (SSSR count). The molecule has 2 aromatic carbocycles. The highest BCUT2D eigenvalue weighted by molar-refractivity contribution is 5.94. The van der Waals surface area contributed by atoms with Gasteiger partial charge in [0.05, 0.1) is 30.0 Å². The minimum Gasteiger partial charge on any atom is -0.355 e. The second-order valence-corrected chi connectivity index (χ2v) is 6.87. The summed E-state index contributed by atoms with van der Waals surface area (Å²) in [5.74, 6) is -1.83. The molecule has 2 heterocycles. The van der Waals surface area contributed by atoms with Crippen LogP contribution in [0.3, 0.4) is 0 Å². The normalized spacial score (nSPS) is 13.4. The van der Waals surface area contributed by atoms with E-state index in [0.717, 1.165) is 29.2 Å². The SMILES string of the molecule is [2H]C([2H])([2H])NC(=O)c1cc(F)cc(Cn2cnc3cc(-c4cn[nH]c4C(F)(F)F)ccc3c2=O)c1. The van der Waals surface area contributed by atoms with Crippen LogP contribution in [0.4, 0.5) is 17.6 Å². The molecule has 7 nitrogen and oxygen atoms in total. The Hall–Kier alpha value is -4.02. The first-order valence-corrected chi connectivity index (χ1v) is 9.04. The van der Waals surface area contributed by atoms with Crippen LogP contribution in [0.2, 0.25) is 0 Å². The molecular formula is C21H15F4N5O2. The number of aromatic amines is 1. The van der Waals surface area contributed by atoms with E-state index in [1.807, 2.05) is 5.10 Å². The Morgan fingerprint density at radius 1 is 1.25 bits per heavy atom. The van der Waals surface area contributed by atoms with Crippen LogP contribution in [0.25, 0.3) is 22.0 Å². The maximum Gasteiger partial charge on any atom is 0.433 e. The van der Waals surface area contributed by atoms with E-state index in [1.165, 1.54) is 24.3 Å². The van der Waals surface area contributed by atoms with E-state index in [0.29, 0.717) is 0 Å². The second kappa shape index (κ2) is 7.91. The van der Waals surface area contributed by atoms with Crippen molar-refractivity contribution >= 4 is 16.8 Å². The molecule has 0 saturated heterocycles. The third-order valence-electron chi connectivity index (χ3n) is 4.75. The summed E-state index contributed by atoms with van der Waals surface area (Å²) in [5, 5.41) is 7.22. The van der Waals surface area contributed by atoms with Crippen molar-refractivity contribution in [1.82, 2.24) is 25.1 Å². The van der Waals surface area contributed by atoms with Crippen LogP contribution >= 0.6 is 0 Å². The van der Waals surface area contributed by atoms with Gasteiger partial charge in [-0.1, -0.05) is 6.07 Å². The highest BCUT2D eigenvalue weighted by Crippen LogP contribution is 2.35. The number of halogens is 4. The number of benzene rings is 2. The quantitative estimate of drug-likeness (QED) is 0.469. The van der Waals surface area contributed by atoms with Crippen molar-refractivity contribution in [2.75, 3.05) is 6.98 Å². The summed E-state index contributed by atoms with van der Waals surface area (Å²) in [4.78, 5) is 29.1. The van der Waals surface area contributed by atoms with E-state index in [1.54, 1.807) is 5.32 Å². The number of hydrogen-bond acceptors (Lipinski definition) is 4. The molecule has 164 valence electrons. The Kier molecular flexibility index (Phi) is 4.36. The summed E-state index contributed by atoms with van der Waals surface area (Å²) in [6.07, 6.45) is -2.49. The maximum atomic E-state index is 14.1. The molecule has 0 radical (unpaired) electrons. The molecule has 32 heavy (non-hydrogen) atoms. The monoisotopic (exact) mass is 448 g/mol. The van der Waals surface area contributed by atoms with Crippen LogP contribution in [-0.2, 0) is 12.7 Å². The lowest BCUT2D eigenvalue weighted by Gasteiger charge is -2.10. The number of aromatic nitrogens is 4. The Morgan fingerprint density at radius 3 is 2.81 bits per heavy atom. The molecule has 4 aromatic rings. The van der Waals surface area contributed by atoms with Gasteiger partial charge in [0.2, 0.25) is 0 Å². The van der Waals surface area contributed by atoms with E-state index in [9.17, 15) is 27.2 Å². The van der Waals surface area contributed by atoms with Crippen molar-refractivity contribution in [3.8, 4) is 11.1 Å². The molecule has 2 aromatic heterocycles. The van der Waals surface area contributed by atoms with E-state index in [2.05, 4.69) is 10.1 Å². The Labute approximate surface area is 181 Å². The number of fused-ring (bicyclic) bond motifs is 1. The van der Waals surface area contributed by atoms with E-state index < -0.39 is 36.1 Å². The molecule has 0 atom stereocenters. The van der Waals surface area contributed by atoms with E-state index >= 15 is 0 Å². The highest BCUT2D eigenvalue weighted by Gasteiger charge is 2.36. The van der Waals surface area contributed by atoms with Gasteiger partial charge >= 0.3 is 6.18 Å². The van der Waals surface area contributed by atoms with Crippen molar-refractivity contribution in [2.24, 2.45) is 0 Å². The van der Waals surface area contributed by atoms with Crippen LogP contribution in [-0.4, -0.2) is 32.6 Å². The van der Waals surface area contributed by atoms with Gasteiger partial charge < -0.3 is 5.32 Å². The summed E-state index contributed by atoms with van der Waals surface area (Å²) in [5.41, 5.74) is -1.56. The molecule has 11 heteroatoms. The molecule has 0 fully saturated rings. The van der Waals surface area contributed by atoms with Crippen LogP contribution < -0.4 is 10.9 Å². The fourth-order valence-electron chi connectivity index (χ4n) is 3.30. The number of amides is 1. The third-order valence-corrected chi connectivity index (χ3v) is 4.75. The van der Waals surface area contributed by atoms with Crippen LogP contribution in [0.5, 0.6) is 0 Å². The molecule has 0 saturated carbocycles. The molecule has 0 bridgehead atoms. The third kappa shape index (κ3) is 3.96. The number of H-pyrrole nitrogens is 1. The first-order chi connectivity index (χ1) is 16.3. The van der Waals surface area contributed by atoms with Gasteiger partial charge in [-0.3, -0.25) is 19.3 Å². The van der Waals surface area contributed by atoms with Crippen molar-refractivity contribution in [3.63, 3.8) is 0 Å². The summed E-state index contributed by atoms with van der Waals surface area (Å²) >= 11 is 0. The van der Waals surface area contributed by atoms with Crippen LogP contribution in [0.15, 0.2) is 53.7 Å². The predicted molar refractivity (Wildman–Crippen MR) is 107 cm³/mol. The van der Waals surface area contributed by atoms with Crippen molar-refractivity contribution < 1.29 is 26.5 Å². The molecule has 1 amide bonds. The van der Waals surface area contributed by atoms with Gasteiger partial charge in [-0.05, 0) is 41.5 Å². The zero-order chi connectivity index (χ0) is 25.5. The molecule has 2 N–H and O–H groups in total. The lowest BCUT2D eigenvalue weighted by Crippen LogP contribution is -2.22.